The van der Waals surface area contributed by atoms with Gasteiger partial charge in [0.2, 0.25) is 5.78 Å². The molecule has 0 saturated heterocycles. The minimum absolute atomic E-state index is 0.357. The second kappa shape index (κ2) is 7.51. The highest BCUT2D eigenvalue weighted by Crippen LogP contribution is 2.30. The summed E-state index contributed by atoms with van der Waals surface area (Å²) in [6.45, 7) is 6.76. The lowest BCUT2D eigenvalue weighted by Gasteiger charge is -2.13. The molecule has 0 bridgehead atoms. The van der Waals surface area contributed by atoms with Crippen LogP contribution in [0, 0.1) is 13.8 Å². The number of aromatic nitrogens is 5. The molecule has 0 unspecified atom stereocenters. The van der Waals surface area contributed by atoms with Gasteiger partial charge >= 0.3 is 5.69 Å². The summed E-state index contributed by atoms with van der Waals surface area (Å²) in [6, 6.07) is 7.84. The van der Waals surface area contributed by atoms with Crippen LogP contribution in [0.5, 0.6) is 5.75 Å². The summed E-state index contributed by atoms with van der Waals surface area (Å²) in [7, 11) is 3.12. The number of rotatable bonds is 6. The van der Waals surface area contributed by atoms with Gasteiger partial charge in [-0.1, -0.05) is 31.9 Å². The van der Waals surface area contributed by atoms with Crippen LogP contribution in [0.4, 0.5) is 0 Å². The van der Waals surface area contributed by atoms with E-state index in [1.165, 1.54) is 11.6 Å². The van der Waals surface area contributed by atoms with E-state index < -0.39 is 5.69 Å². The standard InChI is InChI=1S/C22H27N5O3/c1-6-7-10-13-30-17-12-9-8-11-16(17)26-14(2)15(3)27-18-19(23-21(26)27)24(4)22(29)25(5)20(18)28/h8-9,11-12H,6-7,10,13H2,1-5H3. The molecule has 0 fully saturated rings. The van der Waals surface area contributed by atoms with E-state index in [2.05, 4.69) is 6.92 Å². The number of aryl methyl sites for hydroxylation is 2. The number of ether oxygens (including phenoxy) is 1. The molecule has 0 aliphatic heterocycles. The zero-order chi connectivity index (χ0) is 21.6. The predicted octanol–water partition coefficient (Wildman–Crippen LogP) is 2.86. The molecule has 0 aliphatic carbocycles. The number of hydrogen-bond donors (Lipinski definition) is 0. The van der Waals surface area contributed by atoms with Crippen LogP contribution in [0.1, 0.15) is 37.6 Å². The van der Waals surface area contributed by atoms with Gasteiger partial charge in [0.1, 0.15) is 5.75 Å². The molecule has 158 valence electrons. The summed E-state index contributed by atoms with van der Waals surface area (Å²) < 4.78 is 12.4. The zero-order valence-electron chi connectivity index (χ0n) is 18.1. The van der Waals surface area contributed by atoms with Crippen LogP contribution in [0.25, 0.3) is 22.6 Å². The normalized spacial score (nSPS) is 11.6. The van der Waals surface area contributed by atoms with Crippen molar-refractivity contribution in [2.24, 2.45) is 14.1 Å². The van der Waals surface area contributed by atoms with E-state index in [9.17, 15) is 9.59 Å². The van der Waals surface area contributed by atoms with Crippen LogP contribution in [0.15, 0.2) is 33.9 Å². The van der Waals surface area contributed by atoms with Crippen molar-refractivity contribution in [3.63, 3.8) is 0 Å². The van der Waals surface area contributed by atoms with E-state index in [0.717, 1.165) is 46.7 Å². The minimum atomic E-state index is -0.395. The SMILES string of the molecule is CCCCCOc1ccccc1-n1c(C)c(C)n2c3c(=O)n(C)c(=O)n(C)c3nc12. The first-order chi connectivity index (χ1) is 14.4. The number of hydrogen-bond acceptors (Lipinski definition) is 4. The van der Waals surface area contributed by atoms with Gasteiger partial charge in [-0.25, -0.2) is 4.79 Å². The molecule has 30 heavy (non-hydrogen) atoms. The molecule has 0 amide bonds. The molecule has 0 atom stereocenters. The van der Waals surface area contributed by atoms with E-state index in [0.29, 0.717) is 23.5 Å². The third-order valence-corrected chi connectivity index (χ3v) is 5.75. The van der Waals surface area contributed by atoms with Crippen LogP contribution in [-0.2, 0) is 14.1 Å². The number of nitrogens with zero attached hydrogens (tertiary/aromatic N) is 5. The number of unbranched alkanes of at least 4 members (excludes halogenated alkanes) is 2. The first kappa shape index (κ1) is 20.0. The maximum Gasteiger partial charge on any atom is 0.332 e. The van der Waals surface area contributed by atoms with Crippen LogP contribution < -0.4 is 16.0 Å². The van der Waals surface area contributed by atoms with Crippen molar-refractivity contribution < 1.29 is 4.74 Å². The van der Waals surface area contributed by atoms with Crippen molar-refractivity contribution in [1.29, 1.82) is 0 Å². The van der Waals surface area contributed by atoms with Crippen molar-refractivity contribution in [2.75, 3.05) is 6.61 Å². The Bertz CT molecular complexity index is 1370. The Morgan fingerprint density at radius 1 is 1.00 bits per heavy atom. The average Bonchev–Trinajstić information content (AvgIpc) is 3.24. The van der Waals surface area contributed by atoms with Crippen LogP contribution in [0.2, 0.25) is 0 Å². The number of fused-ring (bicyclic) bond motifs is 3. The molecule has 3 heterocycles. The predicted molar refractivity (Wildman–Crippen MR) is 117 cm³/mol. The quantitative estimate of drug-likeness (QED) is 0.459. The Morgan fingerprint density at radius 3 is 2.47 bits per heavy atom. The minimum Gasteiger partial charge on any atom is -0.491 e. The first-order valence-corrected chi connectivity index (χ1v) is 10.3. The highest BCUT2D eigenvalue weighted by molar-refractivity contribution is 5.77. The average molecular weight is 409 g/mol. The highest BCUT2D eigenvalue weighted by atomic mass is 16.5. The van der Waals surface area contributed by atoms with Crippen molar-refractivity contribution in [3.8, 4) is 11.4 Å². The molecular formula is C22H27N5O3. The first-order valence-electron chi connectivity index (χ1n) is 10.3. The Kier molecular flexibility index (Phi) is 5.01. The fourth-order valence-electron chi connectivity index (χ4n) is 3.91. The Labute approximate surface area is 174 Å². The lowest BCUT2D eigenvalue weighted by atomic mass is 10.2. The molecule has 0 radical (unpaired) electrons. The fourth-order valence-corrected chi connectivity index (χ4v) is 3.91. The molecule has 4 aromatic rings. The van der Waals surface area contributed by atoms with Crippen molar-refractivity contribution in [2.45, 2.75) is 40.0 Å². The molecule has 8 nitrogen and oxygen atoms in total. The summed E-state index contributed by atoms with van der Waals surface area (Å²) in [6.07, 6.45) is 3.25. The Hall–Kier alpha value is -3.29. The summed E-state index contributed by atoms with van der Waals surface area (Å²) in [4.78, 5) is 30.0. The smallest absolute Gasteiger partial charge is 0.332 e. The van der Waals surface area contributed by atoms with E-state index >= 15 is 0 Å². The molecule has 4 rings (SSSR count). The summed E-state index contributed by atoms with van der Waals surface area (Å²) in [5.41, 5.74) is 2.73. The molecule has 0 N–H and O–H groups in total. The molecule has 1 aromatic carbocycles. The monoisotopic (exact) mass is 409 g/mol. The molecular weight excluding hydrogens is 382 g/mol. The second-order valence-electron chi connectivity index (χ2n) is 7.65. The van der Waals surface area contributed by atoms with Gasteiger partial charge in [0.25, 0.3) is 5.56 Å². The van der Waals surface area contributed by atoms with Crippen molar-refractivity contribution >= 4 is 16.9 Å². The van der Waals surface area contributed by atoms with E-state index in [1.54, 1.807) is 7.05 Å². The highest BCUT2D eigenvalue weighted by Gasteiger charge is 2.23. The molecule has 0 spiro atoms. The fraction of sp³-hybridized carbons (Fsp3) is 0.409. The second-order valence-corrected chi connectivity index (χ2v) is 7.65. The summed E-state index contributed by atoms with van der Waals surface area (Å²) >= 11 is 0. The van der Waals surface area contributed by atoms with Gasteiger partial charge in [0.15, 0.2) is 11.2 Å². The van der Waals surface area contributed by atoms with Crippen LogP contribution in [-0.4, -0.2) is 29.7 Å². The van der Waals surface area contributed by atoms with Gasteiger partial charge in [0.05, 0.1) is 12.3 Å². The van der Waals surface area contributed by atoms with Crippen LogP contribution in [0.3, 0.4) is 0 Å². The molecule has 0 aliphatic rings. The third kappa shape index (κ3) is 2.86. The van der Waals surface area contributed by atoms with Crippen molar-refractivity contribution in [1.82, 2.24) is 23.1 Å². The topological polar surface area (TPSA) is 75.5 Å². The molecule has 0 saturated carbocycles. The third-order valence-electron chi connectivity index (χ3n) is 5.75. The lowest BCUT2D eigenvalue weighted by molar-refractivity contribution is 0.305. The van der Waals surface area contributed by atoms with Gasteiger partial charge in [0, 0.05) is 25.5 Å². The van der Waals surface area contributed by atoms with E-state index in [4.69, 9.17) is 9.72 Å². The lowest BCUT2D eigenvalue weighted by Crippen LogP contribution is -2.37. The molecule has 3 aromatic heterocycles. The summed E-state index contributed by atoms with van der Waals surface area (Å²) in [5, 5.41) is 0. The summed E-state index contributed by atoms with van der Waals surface area (Å²) in [5.74, 6) is 1.35. The van der Waals surface area contributed by atoms with E-state index in [1.807, 2.05) is 47.1 Å². The largest absolute Gasteiger partial charge is 0.491 e. The maximum absolute atomic E-state index is 12.9. The molecule has 8 heteroatoms. The van der Waals surface area contributed by atoms with E-state index in [-0.39, 0.29) is 5.56 Å². The number of para-hydroxylation sites is 2. The number of imidazole rings is 2. The zero-order valence-corrected chi connectivity index (χ0v) is 18.1. The maximum atomic E-state index is 12.9. The van der Waals surface area contributed by atoms with Gasteiger partial charge in [-0.2, -0.15) is 4.98 Å². The Balaban J connectivity index is 1.99. The Morgan fingerprint density at radius 2 is 1.73 bits per heavy atom. The number of benzene rings is 1. The van der Waals surface area contributed by atoms with Gasteiger partial charge < -0.3 is 4.74 Å². The van der Waals surface area contributed by atoms with Gasteiger partial charge in [-0.3, -0.25) is 22.9 Å². The van der Waals surface area contributed by atoms with Gasteiger partial charge in [-0.05, 0) is 32.4 Å². The van der Waals surface area contributed by atoms with Gasteiger partial charge in [-0.15, -0.1) is 0 Å². The van der Waals surface area contributed by atoms with Crippen LogP contribution >= 0.6 is 0 Å². The van der Waals surface area contributed by atoms with Crippen molar-refractivity contribution in [3.05, 3.63) is 56.5 Å².